The van der Waals surface area contributed by atoms with E-state index in [1.54, 1.807) is 5.38 Å². The Balaban J connectivity index is 1.41. The maximum absolute atomic E-state index is 14.3. The summed E-state index contributed by atoms with van der Waals surface area (Å²) < 4.78 is 24.8. The third kappa shape index (κ3) is 5.16. The molecule has 2 heterocycles. The SMILES string of the molecule is Cc1ccccc1NC(=O)Cc1nc(COC(=O)c2c(-c3c(F)cccc3Cl)noc2C)cs1. The number of amides is 1. The van der Waals surface area contributed by atoms with E-state index in [0.29, 0.717) is 10.7 Å². The van der Waals surface area contributed by atoms with Crippen LogP contribution in [0.25, 0.3) is 11.3 Å². The quantitative estimate of drug-likeness (QED) is 0.325. The minimum Gasteiger partial charge on any atom is -0.455 e. The summed E-state index contributed by atoms with van der Waals surface area (Å²) in [5.74, 6) is -1.41. The van der Waals surface area contributed by atoms with Crippen molar-refractivity contribution in [1.29, 1.82) is 0 Å². The van der Waals surface area contributed by atoms with E-state index in [2.05, 4.69) is 15.5 Å². The molecule has 0 fully saturated rings. The highest BCUT2D eigenvalue weighted by Gasteiger charge is 2.26. The zero-order valence-corrected chi connectivity index (χ0v) is 19.8. The summed E-state index contributed by atoms with van der Waals surface area (Å²) in [6.07, 6.45) is 0.0909. The largest absolute Gasteiger partial charge is 0.455 e. The molecule has 10 heteroatoms. The van der Waals surface area contributed by atoms with Gasteiger partial charge in [0, 0.05) is 11.1 Å². The molecule has 2 aromatic heterocycles. The number of aryl methyl sites for hydroxylation is 2. The fourth-order valence-corrected chi connectivity index (χ4v) is 4.29. The molecular weight excluding hydrogens is 481 g/mol. The van der Waals surface area contributed by atoms with Crippen molar-refractivity contribution in [2.45, 2.75) is 26.9 Å². The molecule has 0 saturated heterocycles. The number of carbonyl (C=O) groups is 2. The molecule has 0 aliphatic rings. The van der Waals surface area contributed by atoms with Gasteiger partial charge in [-0.25, -0.2) is 14.2 Å². The second kappa shape index (κ2) is 10.1. The van der Waals surface area contributed by atoms with Gasteiger partial charge in [0.05, 0.1) is 22.7 Å². The lowest BCUT2D eigenvalue weighted by molar-refractivity contribution is -0.115. The number of nitrogens with one attached hydrogen (secondary N) is 1. The summed E-state index contributed by atoms with van der Waals surface area (Å²) in [6.45, 7) is 3.30. The summed E-state index contributed by atoms with van der Waals surface area (Å²) in [7, 11) is 0. The average Bonchev–Trinajstić information content (AvgIpc) is 3.40. The molecule has 0 atom stereocenters. The number of benzene rings is 2. The van der Waals surface area contributed by atoms with E-state index in [0.717, 1.165) is 11.3 Å². The fourth-order valence-electron chi connectivity index (χ4n) is 3.26. The molecule has 0 saturated carbocycles. The van der Waals surface area contributed by atoms with Crippen LogP contribution in [-0.2, 0) is 22.6 Å². The molecule has 0 radical (unpaired) electrons. The first-order valence-electron chi connectivity index (χ1n) is 10.2. The van der Waals surface area contributed by atoms with E-state index >= 15 is 0 Å². The van der Waals surface area contributed by atoms with E-state index < -0.39 is 11.8 Å². The molecule has 0 spiro atoms. The van der Waals surface area contributed by atoms with Crippen molar-refractivity contribution in [3.8, 4) is 11.3 Å². The van der Waals surface area contributed by atoms with E-state index in [4.69, 9.17) is 20.9 Å². The van der Waals surface area contributed by atoms with Crippen molar-refractivity contribution >= 4 is 40.5 Å². The van der Waals surface area contributed by atoms with Crippen LogP contribution in [0.15, 0.2) is 52.4 Å². The Hall–Kier alpha value is -3.56. The van der Waals surface area contributed by atoms with Crippen LogP contribution in [0.1, 0.15) is 32.4 Å². The maximum atomic E-state index is 14.3. The zero-order chi connectivity index (χ0) is 24.2. The summed E-state index contributed by atoms with van der Waals surface area (Å²) in [5, 5.41) is 9.04. The number of hydrogen-bond donors (Lipinski definition) is 1. The number of rotatable bonds is 7. The second-order valence-corrected chi connectivity index (χ2v) is 8.76. The van der Waals surface area contributed by atoms with Crippen LogP contribution >= 0.6 is 22.9 Å². The summed E-state index contributed by atoms with van der Waals surface area (Å²) >= 11 is 7.40. The van der Waals surface area contributed by atoms with E-state index in [-0.39, 0.29) is 46.5 Å². The van der Waals surface area contributed by atoms with E-state index in [9.17, 15) is 14.0 Å². The predicted molar refractivity (Wildman–Crippen MR) is 126 cm³/mol. The van der Waals surface area contributed by atoms with Gasteiger partial charge in [-0.15, -0.1) is 11.3 Å². The lowest BCUT2D eigenvalue weighted by Crippen LogP contribution is -2.15. The number of thiazole rings is 1. The molecule has 0 unspecified atom stereocenters. The van der Waals surface area contributed by atoms with Crippen LogP contribution < -0.4 is 5.32 Å². The molecule has 0 aliphatic carbocycles. The monoisotopic (exact) mass is 499 g/mol. The first kappa shape index (κ1) is 23.6. The summed E-state index contributed by atoms with van der Waals surface area (Å²) in [5.41, 5.74) is 2.11. The first-order chi connectivity index (χ1) is 16.3. The molecule has 2 aromatic carbocycles. The Morgan fingerprint density at radius 3 is 2.74 bits per heavy atom. The van der Waals surface area contributed by atoms with Crippen LogP contribution in [0.2, 0.25) is 5.02 Å². The standard InChI is InChI=1S/C24H19ClFN3O4S/c1-13-6-3-4-9-18(13)28-19(30)10-20-27-15(12-34-20)11-32-24(31)21-14(2)33-29-23(21)22-16(25)7-5-8-17(22)26/h3-9,12H,10-11H2,1-2H3,(H,28,30). The van der Waals surface area contributed by atoms with Crippen LogP contribution in [0.3, 0.4) is 0 Å². The lowest BCUT2D eigenvalue weighted by atomic mass is 10.1. The van der Waals surface area contributed by atoms with Gasteiger partial charge < -0.3 is 14.6 Å². The number of nitrogens with zero attached hydrogens (tertiary/aromatic N) is 2. The Labute approximate surface area is 203 Å². The van der Waals surface area contributed by atoms with Crippen LogP contribution in [0.5, 0.6) is 0 Å². The van der Waals surface area contributed by atoms with Crippen LogP contribution in [-0.4, -0.2) is 22.0 Å². The third-order valence-electron chi connectivity index (χ3n) is 4.95. The number of hydrogen-bond acceptors (Lipinski definition) is 7. The third-order valence-corrected chi connectivity index (χ3v) is 6.16. The highest BCUT2D eigenvalue weighted by molar-refractivity contribution is 7.09. The van der Waals surface area contributed by atoms with Crippen molar-refractivity contribution in [1.82, 2.24) is 10.1 Å². The van der Waals surface area contributed by atoms with Gasteiger partial charge in [0.1, 0.15) is 34.4 Å². The highest BCUT2D eigenvalue weighted by Crippen LogP contribution is 2.33. The summed E-state index contributed by atoms with van der Waals surface area (Å²) in [4.78, 5) is 29.5. The number of anilines is 1. The normalized spacial score (nSPS) is 10.8. The van der Waals surface area contributed by atoms with Crippen LogP contribution in [0.4, 0.5) is 10.1 Å². The lowest BCUT2D eigenvalue weighted by Gasteiger charge is -2.07. The molecule has 7 nitrogen and oxygen atoms in total. The van der Waals surface area contributed by atoms with Crippen molar-refractivity contribution in [3.63, 3.8) is 0 Å². The van der Waals surface area contributed by atoms with Gasteiger partial charge >= 0.3 is 5.97 Å². The molecule has 4 aromatic rings. The minimum absolute atomic E-state index is 0.0138. The van der Waals surface area contributed by atoms with Gasteiger partial charge in [-0.1, -0.05) is 41.0 Å². The highest BCUT2D eigenvalue weighted by atomic mass is 35.5. The molecule has 0 aliphatic heterocycles. The number of para-hydroxylation sites is 1. The minimum atomic E-state index is -0.750. The summed E-state index contributed by atoms with van der Waals surface area (Å²) in [6, 6.07) is 11.6. The van der Waals surface area contributed by atoms with Crippen molar-refractivity contribution in [2.75, 3.05) is 5.32 Å². The Bertz CT molecular complexity index is 1350. The molecule has 174 valence electrons. The van der Waals surface area contributed by atoms with Crippen molar-refractivity contribution in [2.24, 2.45) is 0 Å². The number of esters is 1. The van der Waals surface area contributed by atoms with E-state index in [1.807, 2.05) is 31.2 Å². The molecule has 1 N–H and O–H groups in total. The van der Waals surface area contributed by atoms with Gasteiger partial charge in [0.2, 0.25) is 5.91 Å². The van der Waals surface area contributed by atoms with Gasteiger partial charge in [0.25, 0.3) is 0 Å². The van der Waals surface area contributed by atoms with Crippen molar-refractivity contribution in [3.05, 3.63) is 86.3 Å². The van der Waals surface area contributed by atoms with Crippen molar-refractivity contribution < 1.29 is 23.2 Å². The number of ether oxygens (including phenoxy) is 1. The molecule has 4 rings (SSSR count). The van der Waals surface area contributed by atoms with Gasteiger partial charge in [-0.2, -0.15) is 0 Å². The molecule has 1 amide bonds. The topological polar surface area (TPSA) is 94.3 Å². The smallest absolute Gasteiger partial charge is 0.344 e. The Morgan fingerprint density at radius 1 is 1.18 bits per heavy atom. The number of carbonyl (C=O) groups excluding carboxylic acids is 2. The zero-order valence-electron chi connectivity index (χ0n) is 18.2. The molecular formula is C24H19ClFN3O4S. The number of halogens is 2. The molecule has 34 heavy (non-hydrogen) atoms. The Morgan fingerprint density at radius 2 is 1.97 bits per heavy atom. The average molecular weight is 500 g/mol. The predicted octanol–water partition coefficient (Wildman–Crippen LogP) is 5.75. The van der Waals surface area contributed by atoms with Gasteiger partial charge in [-0.05, 0) is 37.6 Å². The van der Waals surface area contributed by atoms with Gasteiger partial charge in [-0.3, -0.25) is 4.79 Å². The van der Waals surface area contributed by atoms with Crippen LogP contribution in [0, 0.1) is 19.7 Å². The Kier molecular flexibility index (Phi) is 7.04. The fraction of sp³-hybridized carbons (Fsp3) is 0.167. The second-order valence-electron chi connectivity index (χ2n) is 7.41. The maximum Gasteiger partial charge on any atom is 0.344 e. The number of aromatic nitrogens is 2. The van der Waals surface area contributed by atoms with Gasteiger partial charge in [0.15, 0.2) is 0 Å². The molecule has 0 bridgehead atoms. The van der Waals surface area contributed by atoms with E-state index in [1.165, 1.54) is 36.5 Å². The first-order valence-corrected chi connectivity index (χ1v) is 11.5.